The van der Waals surface area contributed by atoms with Crippen molar-refractivity contribution in [2.24, 2.45) is 5.10 Å². The molecule has 0 amide bonds. The minimum atomic E-state index is -0.567. The first-order chi connectivity index (χ1) is 17.4. The molecule has 2 heterocycles. The molecule has 2 aromatic heterocycles. The molecule has 0 saturated carbocycles. The van der Waals surface area contributed by atoms with Crippen molar-refractivity contribution in [3.8, 4) is 5.69 Å². The summed E-state index contributed by atoms with van der Waals surface area (Å²) in [5.41, 5.74) is 2.59. The summed E-state index contributed by atoms with van der Waals surface area (Å²) in [5, 5.41) is 14.8. The van der Waals surface area contributed by atoms with Crippen molar-refractivity contribution in [2.75, 3.05) is 25.3 Å². The summed E-state index contributed by atoms with van der Waals surface area (Å²) < 4.78 is 10.3. The van der Waals surface area contributed by atoms with Crippen LogP contribution in [0.4, 0.5) is 5.69 Å². The fourth-order valence-electron chi connectivity index (χ4n) is 3.06. The molecule has 10 heteroatoms. The van der Waals surface area contributed by atoms with E-state index in [4.69, 9.17) is 9.47 Å². The molecular weight excluding hydrogens is 460 g/mol. The molecule has 10 nitrogen and oxygen atoms in total. The predicted octanol–water partition coefficient (Wildman–Crippen LogP) is 3.68. The summed E-state index contributed by atoms with van der Waals surface area (Å²) in [7, 11) is 1.71. The normalized spacial score (nSPS) is 10.8. The molecule has 0 aliphatic carbocycles. The van der Waals surface area contributed by atoms with E-state index >= 15 is 0 Å². The van der Waals surface area contributed by atoms with Gasteiger partial charge in [-0.1, -0.05) is 18.2 Å². The molecule has 0 bridgehead atoms. The van der Waals surface area contributed by atoms with Crippen LogP contribution in [0.25, 0.3) is 5.69 Å². The second kappa shape index (κ2) is 12.7. The Kier molecular flexibility index (Phi) is 9.21. The number of hydrogen-bond acceptors (Lipinski definition) is 9. The maximum atomic E-state index is 12.5. The smallest absolute Gasteiger partial charge is 0.361 e. The van der Waals surface area contributed by atoms with E-state index in [2.05, 4.69) is 20.3 Å². The zero-order valence-corrected chi connectivity index (χ0v) is 20.7. The summed E-state index contributed by atoms with van der Waals surface area (Å²) in [6.45, 7) is 5.70. The fraction of sp³-hybridized carbons (Fsp3) is 0.231. The van der Waals surface area contributed by atoms with Crippen molar-refractivity contribution in [2.45, 2.75) is 20.8 Å². The number of nitrogens with zero attached hydrogens (tertiary/aromatic N) is 6. The van der Waals surface area contributed by atoms with E-state index in [0.29, 0.717) is 22.6 Å². The van der Waals surface area contributed by atoms with Gasteiger partial charge in [-0.25, -0.2) is 9.59 Å². The highest BCUT2D eigenvalue weighted by Gasteiger charge is 2.18. The summed E-state index contributed by atoms with van der Waals surface area (Å²) in [4.78, 5) is 30.6. The Morgan fingerprint density at radius 3 is 2.31 bits per heavy atom. The predicted molar refractivity (Wildman–Crippen MR) is 135 cm³/mol. The number of esters is 2. The lowest BCUT2D eigenvalue weighted by Crippen LogP contribution is -2.24. The highest BCUT2D eigenvalue weighted by atomic mass is 16.5. The lowest BCUT2D eigenvalue weighted by Gasteiger charge is -2.16. The van der Waals surface area contributed by atoms with E-state index in [1.165, 1.54) is 4.80 Å². The number of pyridine rings is 1. The van der Waals surface area contributed by atoms with Crippen LogP contribution in [0.2, 0.25) is 0 Å². The highest BCUT2D eigenvalue weighted by Crippen LogP contribution is 2.17. The summed E-state index contributed by atoms with van der Waals surface area (Å²) in [6, 6.07) is 17.6. The standard InChI is InChI=1S/C26H28N6O4/c1-5-35-25(33)23-19(3)11-7-10-18-28-32(30-23)21-15-13-20(14-16-21)31(4)29-24(26(34)36-6-2)22-12-8-9-17-27-22/h7-18H,5-6H2,1-4H3/b10-7?,19-11?,28-18?,29-24+,30-23?. The molecule has 186 valence electrons. The van der Waals surface area contributed by atoms with E-state index in [1.54, 1.807) is 106 Å². The van der Waals surface area contributed by atoms with E-state index in [1.807, 2.05) is 0 Å². The number of aromatic nitrogens is 4. The molecule has 1 aromatic carbocycles. The highest BCUT2D eigenvalue weighted by molar-refractivity contribution is 6.42. The van der Waals surface area contributed by atoms with Gasteiger partial charge >= 0.3 is 11.9 Å². The number of rotatable bonds is 8. The number of aryl methyl sites for hydroxylation is 1. The van der Waals surface area contributed by atoms with Crippen molar-refractivity contribution >= 4 is 23.3 Å². The molecule has 0 saturated heterocycles. The van der Waals surface area contributed by atoms with Gasteiger partial charge in [-0.15, -0.1) is 5.10 Å². The summed E-state index contributed by atoms with van der Waals surface area (Å²) in [5.74, 6) is -1.10. The van der Waals surface area contributed by atoms with Crippen molar-refractivity contribution in [3.05, 3.63) is 90.0 Å². The third-order valence-electron chi connectivity index (χ3n) is 4.84. The number of hydrogen-bond donors (Lipinski definition) is 0. The van der Waals surface area contributed by atoms with E-state index in [0.717, 1.165) is 0 Å². The van der Waals surface area contributed by atoms with Crippen LogP contribution < -0.4 is 5.01 Å². The second-order valence-electron chi connectivity index (χ2n) is 7.38. The third-order valence-corrected chi connectivity index (χ3v) is 4.84. The summed E-state index contributed by atoms with van der Waals surface area (Å²) >= 11 is 0. The quantitative estimate of drug-likeness (QED) is 0.268. The maximum absolute atomic E-state index is 12.5. The van der Waals surface area contributed by atoms with Gasteiger partial charge in [-0.05, 0) is 68.8 Å². The van der Waals surface area contributed by atoms with Gasteiger partial charge in [-0.2, -0.15) is 15.0 Å². The Hall–Kier alpha value is -4.60. The number of ether oxygens (including phenoxy) is 2. The largest absolute Gasteiger partial charge is 0.461 e. The number of carbonyl (C=O) groups is 2. The monoisotopic (exact) mass is 488 g/mol. The SMILES string of the molecule is CCOC(=O)/C(=N/N(C)c1ccc(-n2nccccc(C)c(C(=O)OCC)n2)cc1)c1ccccn1. The number of benzene rings is 1. The van der Waals surface area contributed by atoms with Crippen LogP contribution in [0.5, 0.6) is 0 Å². The molecule has 0 unspecified atom stereocenters. The Morgan fingerprint density at radius 1 is 0.944 bits per heavy atom. The topological polar surface area (TPSA) is 112 Å². The molecule has 3 aromatic rings. The maximum Gasteiger partial charge on any atom is 0.361 e. The zero-order valence-electron chi connectivity index (χ0n) is 20.7. The molecule has 0 atom stereocenters. The van der Waals surface area contributed by atoms with Crippen LogP contribution in [0.15, 0.2) is 78.2 Å². The average Bonchev–Trinajstić information content (AvgIpc) is 2.98. The molecule has 0 spiro atoms. The van der Waals surface area contributed by atoms with Gasteiger partial charge in [0.2, 0.25) is 0 Å². The average molecular weight is 489 g/mol. The first kappa shape index (κ1) is 26.0. The van der Waals surface area contributed by atoms with Crippen molar-refractivity contribution in [1.82, 2.24) is 20.0 Å². The minimum Gasteiger partial charge on any atom is -0.461 e. The Balaban J connectivity index is 1.98. The number of anilines is 1. The fourth-order valence-corrected chi connectivity index (χ4v) is 3.06. The Bertz CT molecular complexity index is 1270. The third kappa shape index (κ3) is 6.72. The van der Waals surface area contributed by atoms with Crippen LogP contribution in [0.1, 0.15) is 35.6 Å². The molecule has 36 heavy (non-hydrogen) atoms. The van der Waals surface area contributed by atoms with Gasteiger partial charge in [0.15, 0.2) is 11.4 Å². The van der Waals surface area contributed by atoms with Crippen LogP contribution >= 0.6 is 0 Å². The van der Waals surface area contributed by atoms with Gasteiger partial charge in [0.1, 0.15) is 0 Å². The molecule has 0 N–H and O–H groups in total. The first-order valence-electron chi connectivity index (χ1n) is 11.4. The zero-order chi connectivity index (χ0) is 25.9. The molecule has 0 aliphatic heterocycles. The molecule has 0 aliphatic rings. The molecule has 3 rings (SSSR count). The van der Waals surface area contributed by atoms with Crippen LogP contribution in [0, 0.1) is 6.92 Å². The van der Waals surface area contributed by atoms with Crippen LogP contribution in [0.3, 0.4) is 0 Å². The molecular formula is C26H28N6O4. The number of carbonyl (C=O) groups excluding carboxylic acids is 2. The Morgan fingerprint density at radius 2 is 1.64 bits per heavy atom. The minimum absolute atomic E-state index is 0.0892. The van der Waals surface area contributed by atoms with Crippen molar-refractivity contribution < 1.29 is 19.1 Å². The molecule has 0 radical (unpaired) electrons. The van der Waals surface area contributed by atoms with Gasteiger partial charge < -0.3 is 9.47 Å². The van der Waals surface area contributed by atoms with E-state index < -0.39 is 11.9 Å². The lowest BCUT2D eigenvalue weighted by atomic mass is 10.2. The first-order valence-corrected chi connectivity index (χ1v) is 11.4. The second-order valence-corrected chi connectivity index (χ2v) is 7.38. The van der Waals surface area contributed by atoms with Gasteiger partial charge in [0.05, 0.1) is 30.3 Å². The lowest BCUT2D eigenvalue weighted by molar-refractivity contribution is -0.135. The van der Waals surface area contributed by atoms with Crippen LogP contribution in [-0.2, 0) is 14.3 Å². The van der Waals surface area contributed by atoms with Crippen molar-refractivity contribution in [3.63, 3.8) is 0 Å². The van der Waals surface area contributed by atoms with Gasteiger partial charge in [0.25, 0.3) is 0 Å². The van der Waals surface area contributed by atoms with Crippen LogP contribution in [-0.4, -0.2) is 57.9 Å². The molecule has 0 fully saturated rings. The number of hydrazone groups is 1. The van der Waals surface area contributed by atoms with E-state index in [9.17, 15) is 9.59 Å². The van der Waals surface area contributed by atoms with Gasteiger partial charge in [-0.3, -0.25) is 9.99 Å². The summed E-state index contributed by atoms with van der Waals surface area (Å²) in [6.07, 6.45) is 3.16. The van der Waals surface area contributed by atoms with Crippen molar-refractivity contribution in [1.29, 1.82) is 0 Å². The Labute approximate surface area is 209 Å². The van der Waals surface area contributed by atoms with Gasteiger partial charge in [0, 0.05) is 19.4 Å². The van der Waals surface area contributed by atoms with E-state index in [-0.39, 0.29) is 24.6 Å².